The van der Waals surface area contributed by atoms with E-state index in [2.05, 4.69) is 19.2 Å². The van der Waals surface area contributed by atoms with Crippen LogP contribution in [0.4, 0.5) is 4.79 Å². The Morgan fingerprint density at radius 3 is 1.80 bits per heavy atom. The Kier molecular flexibility index (Phi) is 16.7. The van der Waals surface area contributed by atoms with Crippen molar-refractivity contribution in [2.24, 2.45) is 0 Å². The SMILES string of the molecule is CCCCCCCCCCCCOC(=O)C(CCCCC)NC(=O)O. The van der Waals surface area contributed by atoms with E-state index in [1.165, 1.54) is 51.4 Å². The maximum Gasteiger partial charge on any atom is 0.405 e. The molecule has 1 unspecified atom stereocenters. The highest BCUT2D eigenvalue weighted by atomic mass is 16.5. The van der Waals surface area contributed by atoms with Crippen molar-refractivity contribution >= 4 is 12.1 Å². The van der Waals surface area contributed by atoms with E-state index in [1.54, 1.807) is 0 Å². The lowest BCUT2D eigenvalue weighted by Gasteiger charge is -2.15. The van der Waals surface area contributed by atoms with Crippen molar-refractivity contribution in [2.75, 3.05) is 6.61 Å². The third-order valence-electron chi connectivity index (χ3n) is 4.42. The van der Waals surface area contributed by atoms with Crippen LogP contribution in [-0.4, -0.2) is 29.8 Å². The number of rotatable bonds is 17. The predicted molar refractivity (Wildman–Crippen MR) is 102 cm³/mol. The van der Waals surface area contributed by atoms with Crippen LogP contribution >= 0.6 is 0 Å². The van der Waals surface area contributed by atoms with Gasteiger partial charge in [-0.1, -0.05) is 90.9 Å². The van der Waals surface area contributed by atoms with Gasteiger partial charge in [0.2, 0.25) is 0 Å². The van der Waals surface area contributed by atoms with E-state index >= 15 is 0 Å². The van der Waals surface area contributed by atoms with E-state index in [9.17, 15) is 9.59 Å². The second-order valence-corrected chi connectivity index (χ2v) is 6.85. The van der Waals surface area contributed by atoms with E-state index in [1.807, 2.05) is 0 Å². The Morgan fingerprint density at radius 2 is 1.28 bits per heavy atom. The molecule has 0 aromatic rings. The summed E-state index contributed by atoms with van der Waals surface area (Å²) in [5.74, 6) is -0.436. The summed E-state index contributed by atoms with van der Waals surface area (Å²) in [4.78, 5) is 22.8. The molecule has 0 aliphatic carbocycles. The van der Waals surface area contributed by atoms with Gasteiger partial charge in [0.15, 0.2) is 0 Å². The van der Waals surface area contributed by atoms with Crippen molar-refractivity contribution < 1.29 is 19.4 Å². The monoisotopic (exact) mass is 357 g/mol. The van der Waals surface area contributed by atoms with Crippen LogP contribution in [0.1, 0.15) is 104 Å². The normalized spacial score (nSPS) is 11.9. The third-order valence-corrected chi connectivity index (χ3v) is 4.42. The average Bonchev–Trinajstić information content (AvgIpc) is 2.58. The minimum Gasteiger partial charge on any atom is -0.465 e. The molecule has 1 amide bonds. The molecule has 0 aromatic carbocycles. The van der Waals surface area contributed by atoms with Gasteiger partial charge in [0.1, 0.15) is 6.04 Å². The molecule has 0 spiro atoms. The number of unbranched alkanes of at least 4 members (excludes halogenated alkanes) is 11. The van der Waals surface area contributed by atoms with Crippen LogP contribution in [0.5, 0.6) is 0 Å². The van der Waals surface area contributed by atoms with Crippen LogP contribution in [0.3, 0.4) is 0 Å². The van der Waals surface area contributed by atoms with Crippen molar-refractivity contribution in [3.05, 3.63) is 0 Å². The Labute approximate surface area is 153 Å². The predicted octanol–water partition coefficient (Wildman–Crippen LogP) is 5.67. The molecule has 5 heteroatoms. The van der Waals surface area contributed by atoms with Gasteiger partial charge in [0.05, 0.1) is 6.61 Å². The van der Waals surface area contributed by atoms with Gasteiger partial charge >= 0.3 is 12.1 Å². The van der Waals surface area contributed by atoms with E-state index < -0.39 is 18.1 Å². The lowest BCUT2D eigenvalue weighted by Crippen LogP contribution is -2.41. The van der Waals surface area contributed by atoms with Crippen LogP contribution < -0.4 is 5.32 Å². The van der Waals surface area contributed by atoms with Crippen LogP contribution in [-0.2, 0) is 9.53 Å². The molecule has 0 aromatic heterocycles. The van der Waals surface area contributed by atoms with E-state index in [0.29, 0.717) is 13.0 Å². The maximum atomic E-state index is 12.0. The first-order valence-electron chi connectivity index (χ1n) is 10.3. The molecule has 1 atom stereocenters. The summed E-state index contributed by atoms with van der Waals surface area (Å²) in [6.07, 6.45) is 14.5. The maximum absolute atomic E-state index is 12.0. The molecule has 0 aliphatic rings. The molecule has 2 N–H and O–H groups in total. The molecule has 25 heavy (non-hydrogen) atoms. The molecule has 148 valence electrons. The molecule has 0 bridgehead atoms. The molecule has 0 heterocycles. The molecule has 0 fully saturated rings. The molecule has 0 radical (unpaired) electrons. The van der Waals surface area contributed by atoms with Gasteiger partial charge in [-0.15, -0.1) is 0 Å². The smallest absolute Gasteiger partial charge is 0.405 e. The van der Waals surface area contributed by atoms with Crippen LogP contribution in [0.25, 0.3) is 0 Å². The van der Waals surface area contributed by atoms with Crippen LogP contribution in [0.15, 0.2) is 0 Å². The van der Waals surface area contributed by atoms with Crippen molar-refractivity contribution in [3.8, 4) is 0 Å². The fraction of sp³-hybridized carbons (Fsp3) is 0.900. The minimum absolute atomic E-state index is 0.390. The first-order valence-corrected chi connectivity index (χ1v) is 10.3. The second-order valence-electron chi connectivity index (χ2n) is 6.85. The molecule has 0 saturated heterocycles. The van der Waals surface area contributed by atoms with Gasteiger partial charge in [-0.3, -0.25) is 0 Å². The first kappa shape index (κ1) is 23.7. The molecule has 0 saturated carbocycles. The number of esters is 1. The zero-order valence-corrected chi connectivity index (χ0v) is 16.4. The van der Waals surface area contributed by atoms with E-state index in [4.69, 9.17) is 9.84 Å². The molecular weight excluding hydrogens is 318 g/mol. The first-order chi connectivity index (χ1) is 12.1. The molecular formula is C20H39NO4. The highest BCUT2D eigenvalue weighted by Crippen LogP contribution is 2.11. The van der Waals surface area contributed by atoms with Gasteiger partial charge in [0.25, 0.3) is 0 Å². The third kappa shape index (κ3) is 16.0. The Bertz CT molecular complexity index is 334. The molecule has 5 nitrogen and oxygen atoms in total. The fourth-order valence-corrected chi connectivity index (χ4v) is 2.86. The van der Waals surface area contributed by atoms with Gasteiger partial charge in [-0.05, 0) is 12.8 Å². The zero-order valence-electron chi connectivity index (χ0n) is 16.4. The summed E-state index contributed by atoms with van der Waals surface area (Å²) in [6.45, 7) is 4.70. The van der Waals surface area contributed by atoms with Crippen molar-refractivity contribution in [1.82, 2.24) is 5.32 Å². The number of hydrogen-bond acceptors (Lipinski definition) is 3. The van der Waals surface area contributed by atoms with Crippen molar-refractivity contribution in [1.29, 1.82) is 0 Å². The summed E-state index contributed by atoms with van der Waals surface area (Å²) in [6, 6.07) is -0.729. The van der Waals surface area contributed by atoms with Crippen molar-refractivity contribution in [2.45, 2.75) is 110 Å². The van der Waals surface area contributed by atoms with Gasteiger partial charge in [0, 0.05) is 0 Å². The Hall–Kier alpha value is -1.26. The Balaban J connectivity index is 3.65. The largest absolute Gasteiger partial charge is 0.465 e. The molecule has 0 rings (SSSR count). The summed E-state index contributed by atoms with van der Waals surface area (Å²) in [7, 11) is 0. The summed E-state index contributed by atoms with van der Waals surface area (Å²) < 4.78 is 5.24. The fourth-order valence-electron chi connectivity index (χ4n) is 2.86. The number of ether oxygens (including phenoxy) is 1. The highest BCUT2D eigenvalue weighted by molar-refractivity contribution is 5.80. The lowest BCUT2D eigenvalue weighted by atomic mass is 10.1. The number of amides is 1. The highest BCUT2D eigenvalue weighted by Gasteiger charge is 2.21. The van der Waals surface area contributed by atoms with Gasteiger partial charge in [-0.25, -0.2) is 9.59 Å². The standard InChI is InChI=1S/C20H39NO4/c1-3-5-7-8-9-10-11-12-13-15-17-25-19(22)18(21-20(23)24)16-14-6-4-2/h18,21H,3-17H2,1-2H3,(H,23,24). The van der Waals surface area contributed by atoms with E-state index in [0.717, 1.165) is 32.1 Å². The van der Waals surface area contributed by atoms with Gasteiger partial charge < -0.3 is 15.2 Å². The number of carboxylic acid groups (broad SMARTS) is 1. The number of hydrogen-bond donors (Lipinski definition) is 2. The Morgan fingerprint density at radius 1 is 0.800 bits per heavy atom. The van der Waals surface area contributed by atoms with Crippen molar-refractivity contribution in [3.63, 3.8) is 0 Å². The summed E-state index contributed by atoms with van der Waals surface area (Å²) >= 11 is 0. The number of nitrogens with one attached hydrogen (secondary N) is 1. The van der Waals surface area contributed by atoms with Gasteiger partial charge in [-0.2, -0.15) is 0 Å². The van der Waals surface area contributed by atoms with Crippen LogP contribution in [0, 0.1) is 0 Å². The van der Waals surface area contributed by atoms with Crippen LogP contribution in [0.2, 0.25) is 0 Å². The molecule has 0 aliphatic heterocycles. The van der Waals surface area contributed by atoms with E-state index in [-0.39, 0.29) is 0 Å². The topological polar surface area (TPSA) is 75.6 Å². The summed E-state index contributed by atoms with van der Waals surface area (Å²) in [5, 5.41) is 11.1. The number of carbonyl (C=O) groups excluding carboxylic acids is 1. The average molecular weight is 358 g/mol. The number of carbonyl (C=O) groups is 2. The zero-order chi connectivity index (χ0) is 18.8. The minimum atomic E-state index is -1.17. The second kappa shape index (κ2) is 17.6. The lowest BCUT2D eigenvalue weighted by molar-refractivity contribution is -0.146. The summed E-state index contributed by atoms with van der Waals surface area (Å²) in [5.41, 5.74) is 0. The quantitative estimate of drug-likeness (QED) is 0.260.